The van der Waals surface area contributed by atoms with E-state index in [1.54, 1.807) is 36.4 Å². The fourth-order valence-electron chi connectivity index (χ4n) is 1.70. The highest BCUT2D eigenvalue weighted by molar-refractivity contribution is 6.06. The van der Waals surface area contributed by atoms with Crippen LogP contribution in [0.3, 0.4) is 0 Å². The summed E-state index contributed by atoms with van der Waals surface area (Å²) in [4.78, 5) is 11.7. The molecule has 2 rings (SSSR count). The van der Waals surface area contributed by atoms with Gasteiger partial charge in [-0.15, -0.1) is 0 Å². The van der Waals surface area contributed by atoms with Gasteiger partial charge in [0.1, 0.15) is 6.54 Å². The van der Waals surface area contributed by atoms with E-state index in [1.165, 1.54) is 6.07 Å². The van der Waals surface area contributed by atoms with Crippen molar-refractivity contribution in [2.45, 2.75) is 6.18 Å². The molecule has 0 unspecified atom stereocenters. The van der Waals surface area contributed by atoms with Crippen LogP contribution < -0.4 is 5.32 Å². The summed E-state index contributed by atoms with van der Waals surface area (Å²) in [6.45, 7) is -1.32. The molecule has 0 aromatic heterocycles. The van der Waals surface area contributed by atoms with Crippen LogP contribution in [0, 0.1) is 0 Å². The summed E-state index contributed by atoms with van der Waals surface area (Å²) in [7, 11) is 0. The smallest absolute Gasteiger partial charge is 0.343 e. The third-order valence-electron chi connectivity index (χ3n) is 2.48. The lowest BCUT2D eigenvalue weighted by atomic mass is 10.0. The van der Waals surface area contributed by atoms with E-state index >= 15 is 0 Å². The van der Waals surface area contributed by atoms with Crippen molar-refractivity contribution >= 4 is 16.7 Å². The largest absolute Gasteiger partial charge is 0.405 e. The number of hydrogen-bond donors (Lipinski definition) is 1. The standard InChI is InChI=1S/C13H10F3NO/c14-13(15,16)8-17-12(18)11-7-3-5-9-4-1-2-6-10(9)11/h1-7H,8H2,(H,17,18). The highest BCUT2D eigenvalue weighted by Crippen LogP contribution is 2.19. The summed E-state index contributed by atoms with van der Waals surface area (Å²) in [6, 6.07) is 12.0. The third-order valence-corrected chi connectivity index (χ3v) is 2.48. The molecule has 0 fully saturated rings. The minimum absolute atomic E-state index is 0.248. The lowest BCUT2D eigenvalue weighted by Gasteiger charge is -2.10. The van der Waals surface area contributed by atoms with Gasteiger partial charge in [-0.1, -0.05) is 36.4 Å². The van der Waals surface area contributed by atoms with Gasteiger partial charge >= 0.3 is 6.18 Å². The van der Waals surface area contributed by atoms with Gasteiger partial charge in [0.15, 0.2) is 0 Å². The van der Waals surface area contributed by atoms with Crippen molar-refractivity contribution in [3.05, 3.63) is 48.0 Å². The van der Waals surface area contributed by atoms with Gasteiger partial charge in [-0.05, 0) is 16.8 Å². The molecule has 5 heteroatoms. The minimum atomic E-state index is -4.40. The van der Waals surface area contributed by atoms with Gasteiger partial charge in [0.05, 0.1) is 0 Å². The summed E-state index contributed by atoms with van der Waals surface area (Å²) >= 11 is 0. The number of benzene rings is 2. The van der Waals surface area contributed by atoms with Crippen molar-refractivity contribution in [1.82, 2.24) is 5.32 Å². The monoisotopic (exact) mass is 253 g/mol. The molecule has 2 nitrogen and oxygen atoms in total. The van der Waals surface area contributed by atoms with Crippen LogP contribution in [-0.2, 0) is 0 Å². The fourth-order valence-corrected chi connectivity index (χ4v) is 1.70. The molecule has 94 valence electrons. The quantitative estimate of drug-likeness (QED) is 0.875. The van der Waals surface area contributed by atoms with Crippen LogP contribution in [0.25, 0.3) is 10.8 Å². The Balaban J connectivity index is 2.28. The molecule has 2 aromatic rings. The molecule has 0 saturated carbocycles. The summed E-state index contributed by atoms with van der Waals surface area (Å²) in [5.74, 6) is -0.718. The Bertz CT molecular complexity index is 572. The van der Waals surface area contributed by atoms with Crippen molar-refractivity contribution in [2.75, 3.05) is 6.54 Å². The molecule has 0 spiro atoms. The molecule has 0 aliphatic rings. The summed E-state index contributed by atoms with van der Waals surface area (Å²) in [5, 5.41) is 3.32. The number of halogens is 3. The molecule has 0 radical (unpaired) electrons. The SMILES string of the molecule is O=C(NCC(F)(F)F)c1cccc2ccccc12. The van der Waals surface area contributed by atoms with Crippen molar-refractivity contribution in [1.29, 1.82) is 0 Å². The molecule has 0 saturated heterocycles. The van der Waals surface area contributed by atoms with E-state index in [0.717, 1.165) is 5.39 Å². The molecular formula is C13H10F3NO. The van der Waals surface area contributed by atoms with Gasteiger partial charge < -0.3 is 5.32 Å². The number of carbonyl (C=O) groups excluding carboxylic acids is 1. The number of hydrogen-bond acceptors (Lipinski definition) is 1. The number of rotatable bonds is 2. The Morgan fingerprint density at radius 2 is 1.72 bits per heavy atom. The number of nitrogens with one attached hydrogen (secondary N) is 1. The lowest BCUT2D eigenvalue weighted by molar-refractivity contribution is -0.123. The highest BCUT2D eigenvalue weighted by atomic mass is 19.4. The van der Waals surface area contributed by atoms with Crippen LogP contribution in [0.2, 0.25) is 0 Å². The maximum atomic E-state index is 12.0. The van der Waals surface area contributed by atoms with E-state index in [9.17, 15) is 18.0 Å². The van der Waals surface area contributed by atoms with E-state index < -0.39 is 18.6 Å². The average molecular weight is 253 g/mol. The first kappa shape index (κ1) is 12.4. The molecule has 0 aliphatic carbocycles. The van der Waals surface area contributed by atoms with Crippen molar-refractivity contribution in [3.63, 3.8) is 0 Å². The zero-order valence-corrected chi connectivity index (χ0v) is 9.29. The predicted molar refractivity (Wildman–Crippen MR) is 62.3 cm³/mol. The van der Waals surface area contributed by atoms with Crippen molar-refractivity contribution < 1.29 is 18.0 Å². The van der Waals surface area contributed by atoms with Crippen molar-refractivity contribution in [2.24, 2.45) is 0 Å². The normalized spacial score (nSPS) is 11.5. The van der Waals surface area contributed by atoms with Crippen LogP contribution in [0.4, 0.5) is 13.2 Å². The maximum absolute atomic E-state index is 12.0. The summed E-state index contributed by atoms with van der Waals surface area (Å²) in [5.41, 5.74) is 0.248. The maximum Gasteiger partial charge on any atom is 0.405 e. The molecule has 1 N–H and O–H groups in total. The van der Waals surface area contributed by atoms with Crippen molar-refractivity contribution in [3.8, 4) is 0 Å². The Labute approximate surface area is 101 Å². The Morgan fingerprint density at radius 1 is 1.06 bits per heavy atom. The van der Waals surface area contributed by atoms with E-state index in [1.807, 2.05) is 5.32 Å². The van der Waals surface area contributed by atoms with E-state index in [4.69, 9.17) is 0 Å². The topological polar surface area (TPSA) is 29.1 Å². The molecule has 1 amide bonds. The average Bonchev–Trinajstić information content (AvgIpc) is 2.34. The van der Waals surface area contributed by atoms with Crippen LogP contribution >= 0.6 is 0 Å². The Hall–Kier alpha value is -2.04. The van der Waals surface area contributed by atoms with Gasteiger partial charge in [-0.3, -0.25) is 4.79 Å². The van der Waals surface area contributed by atoms with E-state index in [0.29, 0.717) is 5.39 Å². The van der Waals surface area contributed by atoms with E-state index in [2.05, 4.69) is 0 Å². The minimum Gasteiger partial charge on any atom is -0.343 e. The number of carbonyl (C=O) groups is 1. The van der Waals surface area contributed by atoms with Gasteiger partial charge in [0, 0.05) is 5.56 Å². The van der Waals surface area contributed by atoms with Crippen LogP contribution in [-0.4, -0.2) is 18.6 Å². The molecule has 18 heavy (non-hydrogen) atoms. The number of fused-ring (bicyclic) bond motifs is 1. The predicted octanol–water partition coefficient (Wildman–Crippen LogP) is 3.13. The number of alkyl halides is 3. The highest BCUT2D eigenvalue weighted by Gasteiger charge is 2.28. The Kier molecular flexibility index (Phi) is 3.23. The first-order valence-electron chi connectivity index (χ1n) is 5.30. The molecule has 0 aliphatic heterocycles. The summed E-state index contributed by atoms with van der Waals surface area (Å²) in [6.07, 6.45) is -4.40. The fraction of sp³-hybridized carbons (Fsp3) is 0.154. The second-order valence-electron chi connectivity index (χ2n) is 3.82. The van der Waals surface area contributed by atoms with Crippen LogP contribution in [0.5, 0.6) is 0 Å². The zero-order valence-electron chi connectivity index (χ0n) is 9.29. The van der Waals surface area contributed by atoms with Gasteiger partial charge in [-0.25, -0.2) is 0 Å². The molecule has 0 bridgehead atoms. The second-order valence-corrected chi connectivity index (χ2v) is 3.82. The summed E-state index contributed by atoms with van der Waals surface area (Å²) < 4.78 is 36.1. The molecule has 2 aromatic carbocycles. The molecular weight excluding hydrogens is 243 g/mol. The third kappa shape index (κ3) is 2.80. The van der Waals surface area contributed by atoms with Crippen LogP contribution in [0.1, 0.15) is 10.4 Å². The second kappa shape index (κ2) is 4.68. The first-order chi connectivity index (χ1) is 8.47. The molecule has 0 atom stereocenters. The number of amides is 1. The first-order valence-corrected chi connectivity index (χ1v) is 5.30. The van der Waals surface area contributed by atoms with Gasteiger partial charge in [0.25, 0.3) is 5.91 Å². The van der Waals surface area contributed by atoms with E-state index in [-0.39, 0.29) is 5.56 Å². The lowest BCUT2D eigenvalue weighted by Crippen LogP contribution is -2.33. The molecule has 0 heterocycles. The van der Waals surface area contributed by atoms with Crippen LogP contribution in [0.15, 0.2) is 42.5 Å². The Morgan fingerprint density at radius 3 is 2.44 bits per heavy atom. The van der Waals surface area contributed by atoms with Gasteiger partial charge in [-0.2, -0.15) is 13.2 Å². The van der Waals surface area contributed by atoms with Gasteiger partial charge in [0.2, 0.25) is 0 Å². The zero-order chi connectivity index (χ0) is 13.2.